The number of rotatable bonds is 4. The van der Waals surface area contributed by atoms with Crippen molar-refractivity contribution in [3.63, 3.8) is 0 Å². The molecular weight excluding hydrogens is 368 g/mol. The highest BCUT2D eigenvalue weighted by Crippen LogP contribution is 2.28. The predicted octanol–water partition coefficient (Wildman–Crippen LogP) is 4.80. The molecule has 0 atom stereocenters. The average molecular weight is 381 g/mol. The Balaban J connectivity index is 2.19. The van der Waals surface area contributed by atoms with Gasteiger partial charge in [-0.2, -0.15) is 5.10 Å². The summed E-state index contributed by atoms with van der Waals surface area (Å²) in [5.41, 5.74) is 2.66. The maximum absolute atomic E-state index is 13.3. The van der Waals surface area contributed by atoms with Crippen molar-refractivity contribution in [1.82, 2.24) is 9.78 Å². The monoisotopic (exact) mass is 379 g/mol. The number of hydrogen-bond donors (Lipinski definition) is 1. The Morgan fingerprint density at radius 3 is 2.45 bits per heavy atom. The molecule has 0 saturated carbocycles. The minimum Gasteiger partial charge on any atom is -0.379 e. The molecule has 0 bridgehead atoms. The van der Waals surface area contributed by atoms with Crippen LogP contribution in [0, 0.1) is 5.82 Å². The molecule has 0 amide bonds. The van der Waals surface area contributed by atoms with E-state index in [1.807, 2.05) is 18.7 Å². The Bertz CT molecular complexity index is 620. The van der Waals surface area contributed by atoms with Crippen molar-refractivity contribution in [2.24, 2.45) is 7.05 Å². The van der Waals surface area contributed by atoms with E-state index in [1.54, 1.807) is 0 Å². The SMILES string of the molecule is CCc1nn(C)c(CNc2cc(Cl)c(F)c(Cl)c2)c1Br. The van der Waals surface area contributed by atoms with E-state index >= 15 is 0 Å². The Kier molecular flexibility index (Phi) is 4.94. The first kappa shape index (κ1) is 15.6. The molecule has 1 N–H and O–H groups in total. The first-order valence-electron chi connectivity index (χ1n) is 6.02. The van der Waals surface area contributed by atoms with Crippen LogP contribution in [0.4, 0.5) is 10.1 Å². The van der Waals surface area contributed by atoms with Gasteiger partial charge in [0.05, 0.1) is 32.5 Å². The molecule has 2 aromatic rings. The van der Waals surface area contributed by atoms with Crippen molar-refractivity contribution in [2.45, 2.75) is 19.9 Å². The van der Waals surface area contributed by atoms with Gasteiger partial charge in [-0.15, -0.1) is 0 Å². The van der Waals surface area contributed by atoms with E-state index in [9.17, 15) is 4.39 Å². The number of aromatic nitrogens is 2. The summed E-state index contributed by atoms with van der Waals surface area (Å²) in [5.74, 6) is -0.603. The van der Waals surface area contributed by atoms with Gasteiger partial charge in [-0.3, -0.25) is 4.68 Å². The van der Waals surface area contributed by atoms with Crippen LogP contribution < -0.4 is 5.32 Å². The molecule has 3 nitrogen and oxygen atoms in total. The second-order valence-corrected chi connectivity index (χ2v) is 5.90. The fourth-order valence-electron chi connectivity index (χ4n) is 1.86. The molecule has 0 unspecified atom stereocenters. The zero-order valence-electron chi connectivity index (χ0n) is 11.0. The second kappa shape index (κ2) is 6.33. The Hall–Kier alpha value is -0.780. The topological polar surface area (TPSA) is 29.9 Å². The number of hydrogen-bond acceptors (Lipinski definition) is 2. The Labute approximate surface area is 135 Å². The van der Waals surface area contributed by atoms with Crippen molar-refractivity contribution < 1.29 is 4.39 Å². The largest absolute Gasteiger partial charge is 0.379 e. The third kappa shape index (κ3) is 3.10. The van der Waals surface area contributed by atoms with Crippen molar-refractivity contribution in [1.29, 1.82) is 0 Å². The van der Waals surface area contributed by atoms with E-state index in [0.29, 0.717) is 12.2 Å². The summed E-state index contributed by atoms with van der Waals surface area (Å²) in [7, 11) is 1.88. The van der Waals surface area contributed by atoms with E-state index in [4.69, 9.17) is 23.2 Å². The van der Waals surface area contributed by atoms with Gasteiger partial charge in [0.15, 0.2) is 5.82 Å². The zero-order chi connectivity index (χ0) is 14.9. The van der Waals surface area contributed by atoms with Gasteiger partial charge in [-0.1, -0.05) is 30.1 Å². The number of nitrogens with zero attached hydrogens (tertiary/aromatic N) is 2. The molecule has 0 radical (unpaired) electrons. The van der Waals surface area contributed by atoms with Crippen molar-refractivity contribution in [3.05, 3.63) is 43.9 Å². The van der Waals surface area contributed by atoms with Gasteiger partial charge in [-0.05, 0) is 34.5 Å². The molecule has 7 heteroatoms. The lowest BCUT2D eigenvalue weighted by molar-refractivity contribution is 0.629. The highest BCUT2D eigenvalue weighted by molar-refractivity contribution is 9.10. The van der Waals surface area contributed by atoms with E-state index in [0.717, 1.165) is 22.3 Å². The molecule has 0 fully saturated rings. The summed E-state index contributed by atoms with van der Waals surface area (Å²) in [6.07, 6.45) is 0.850. The lowest BCUT2D eigenvalue weighted by Crippen LogP contribution is -2.06. The number of anilines is 1. The number of benzene rings is 1. The molecule has 0 aliphatic carbocycles. The molecule has 1 aromatic carbocycles. The van der Waals surface area contributed by atoms with Gasteiger partial charge in [-0.25, -0.2) is 4.39 Å². The average Bonchev–Trinajstić information content (AvgIpc) is 2.68. The number of halogens is 4. The lowest BCUT2D eigenvalue weighted by atomic mass is 10.2. The quantitative estimate of drug-likeness (QED) is 0.771. The summed E-state index contributed by atoms with van der Waals surface area (Å²) in [4.78, 5) is 0. The normalized spacial score (nSPS) is 10.9. The zero-order valence-corrected chi connectivity index (χ0v) is 14.1. The van der Waals surface area contributed by atoms with Gasteiger partial charge in [0.1, 0.15) is 0 Å². The maximum atomic E-state index is 13.3. The molecule has 2 rings (SSSR count). The molecule has 1 aromatic heterocycles. The fourth-order valence-corrected chi connectivity index (χ4v) is 3.10. The minimum absolute atomic E-state index is 0.00156. The Morgan fingerprint density at radius 1 is 1.35 bits per heavy atom. The molecule has 0 aliphatic rings. The molecule has 0 saturated heterocycles. The van der Waals surface area contributed by atoms with E-state index in [-0.39, 0.29) is 10.0 Å². The van der Waals surface area contributed by atoms with Crippen LogP contribution in [0.1, 0.15) is 18.3 Å². The van der Waals surface area contributed by atoms with Gasteiger partial charge >= 0.3 is 0 Å². The van der Waals surface area contributed by atoms with E-state index in [2.05, 4.69) is 26.3 Å². The van der Waals surface area contributed by atoms with Crippen LogP contribution in [0.25, 0.3) is 0 Å². The predicted molar refractivity (Wildman–Crippen MR) is 84.0 cm³/mol. The molecule has 1 heterocycles. The second-order valence-electron chi connectivity index (χ2n) is 4.29. The highest BCUT2D eigenvalue weighted by atomic mass is 79.9. The van der Waals surface area contributed by atoms with Crippen LogP contribution in [0.3, 0.4) is 0 Å². The third-order valence-electron chi connectivity index (χ3n) is 2.95. The third-order valence-corrected chi connectivity index (χ3v) is 4.41. The first-order valence-corrected chi connectivity index (χ1v) is 7.57. The van der Waals surface area contributed by atoms with Crippen LogP contribution in [0.15, 0.2) is 16.6 Å². The van der Waals surface area contributed by atoms with Crippen LogP contribution in [0.5, 0.6) is 0 Å². The summed E-state index contributed by atoms with van der Waals surface area (Å²) < 4.78 is 16.1. The molecule has 108 valence electrons. The van der Waals surface area contributed by atoms with Crippen molar-refractivity contribution in [3.8, 4) is 0 Å². The minimum atomic E-state index is -0.603. The molecule has 0 spiro atoms. The molecule has 0 aliphatic heterocycles. The highest BCUT2D eigenvalue weighted by Gasteiger charge is 2.13. The van der Waals surface area contributed by atoms with Gasteiger partial charge in [0.25, 0.3) is 0 Å². The van der Waals surface area contributed by atoms with E-state index < -0.39 is 5.82 Å². The van der Waals surface area contributed by atoms with E-state index in [1.165, 1.54) is 12.1 Å². The lowest BCUT2D eigenvalue weighted by Gasteiger charge is -2.09. The first-order chi connectivity index (χ1) is 9.43. The standard InChI is InChI=1S/C13H13BrCl2FN3/c1-3-10-12(14)11(20(2)19-10)6-18-7-4-8(15)13(17)9(16)5-7/h4-5,18H,3,6H2,1-2H3. The Morgan fingerprint density at radius 2 is 1.95 bits per heavy atom. The van der Waals surface area contributed by atoms with Gasteiger partial charge in [0.2, 0.25) is 0 Å². The van der Waals surface area contributed by atoms with Gasteiger partial charge < -0.3 is 5.32 Å². The van der Waals surface area contributed by atoms with Gasteiger partial charge in [0, 0.05) is 12.7 Å². The van der Waals surface area contributed by atoms with Crippen LogP contribution in [0.2, 0.25) is 10.0 Å². The van der Waals surface area contributed by atoms with Crippen LogP contribution >= 0.6 is 39.1 Å². The summed E-state index contributed by atoms with van der Waals surface area (Å²) in [5, 5.41) is 7.57. The fraction of sp³-hybridized carbons (Fsp3) is 0.308. The number of nitrogens with one attached hydrogen (secondary N) is 1. The summed E-state index contributed by atoms with van der Waals surface area (Å²) >= 11 is 15.1. The van der Waals surface area contributed by atoms with Crippen molar-refractivity contribution in [2.75, 3.05) is 5.32 Å². The number of aryl methyl sites for hydroxylation is 2. The summed E-state index contributed by atoms with van der Waals surface area (Å²) in [6, 6.07) is 3.02. The maximum Gasteiger partial charge on any atom is 0.160 e. The van der Waals surface area contributed by atoms with Crippen LogP contribution in [-0.4, -0.2) is 9.78 Å². The molecular formula is C13H13BrCl2FN3. The smallest absolute Gasteiger partial charge is 0.160 e. The van der Waals surface area contributed by atoms with Crippen molar-refractivity contribution >= 4 is 44.8 Å². The molecule has 20 heavy (non-hydrogen) atoms. The van der Waals surface area contributed by atoms with Crippen LogP contribution in [-0.2, 0) is 20.0 Å². The summed E-state index contributed by atoms with van der Waals surface area (Å²) in [6.45, 7) is 2.58.